The highest BCUT2D eigenvalue weighted by molar-refractivity contribution is 9.10. The topological polar surface area (TPSA) is 122 Å². The summed E-state index contributed by atoms with van der Waals surface area (Å²) in [6.07, 6.45) is 6.48. The van der Waals surface area contributed by atoms with Gasteiger partial charge in [-0.1, -0.05) is 6.42 Å². The number of aromatic nitrogens is 2. The lowest BCUT2D eigenvalue weighted by molar-refractivity contribution is 0.468. The first-order chi connectivity index (χ1) is 13.9. The number of sulfonamides is 1. The van der Waals surface area contributed by atoms with Crippen LogP contribution in [0.15, 0.2) is 27.8 Å². The van der Waals surface area contributed by atoms with Gasteiger partial charge in [-0.25, -0.2) is 17.8 Å². The number of halogens is 2. The van der Waals surface area contributed by atoms with Gasteiger partial charge in [0.05, 0.1) is 5.69 Å². The minimum Gasteiger partial charge on any atom is -0.384 e. The normalized spacial score (nSPS) is 19.4. The van der Waals surface area contributed by atoms with Crippen molar-refractivity contribution in [2.45, 2.75) is 49.1 Å². The average molecular weight is 507 g/mol. The molecule has 0 unspecified atom stereocenters. The van der Waals surface area contributed by atoms with Gasteiger partial charge in [-0.15, -0.1) is 0 Å². The smallest absolute Gasteiger partial charge is 0.266 e. The Morgan fingerprint density at radius 2 is 2.07 bits per heavy atom. The number of rotatable bonds is 10. The molecule has 0 saturated heterocycles. The summed E-state index contributed by atoms with van der Waals surface area (Å²) in [7, 11) is -4.09. The van der Waals surface area contributed by atoms with Crippen LogP contribution in [0.2, 0.25) is 0 Å². The lowest BCUT2D eigenvalue weighted by Crippen LogP contribution is -2.41. The molecule has 0 spiro atoms. The lowest BCUT2D eigenvalue weighted by Gasteiger charge is -2.17. The Balaban J connectivity index is 1.50. The minimum atomic E-state index is -4.09. The van der Waals surface area contributed by atoms with Gasteiger partial charge in [-0.3, -0.25) is 4.72 Å². The van der Waals surface area contributed by atoms with Crippen molar-refractivity contribution in [3.63, 3.8) is 0 Å². The molecule has 1 saturated carbocycles. The van der Waals surface area contributed by atoms with Gasteiger partial charge in [-0.2, -0.15) is 4.37 Å². The zero-order chi connectivity index (χ0) is 20.9. The molecule has 1 fully saturated rings. The summed E-state index contributed by atoms with van der Waals surface area (Å²) < 4.78 is 45.6. The molecular formula is C17H24BrFN6O2S2. The van der Waals surface area contributed by atoms with E-state index in [1.807, 2.05) is 0 Å². The van der Waals surface area contributed by atoms with Crippen molar-refractivity contribution >= 4 is 48.3 Å². The van der Waals surface area contributed by atoms with E-state index in [-0.39, 0.29) is 11.2 Å². The van der Waals surface area contributed by atoms with Crippen LogP contribution < -0.4 is 21.1 Å². The molecule has 2 aromatic rings. The molecule has 0 radical (unpaired) electrons. The van der Waals surface area contributed by atoms with Gasteiger partial charge in [0.1, 0.15) is 17.0 Å². The Morgan fingerprint density at radius 1 is 1.28 bits per heavy atom. The maximum atomic E-state index is 14.5. The highest BCUT2D eigenvalue weighted by Crippen LogP contribution is 2.29. The first-order valence-corrected chi connectivity index (χ1v) is 12.4. The van der Waals surface area contributed by atoms with Crippen LogP contribution >= 0.6 is 27.5 Å². The van der Waals surface area contributed by atoms with Crippen LogP contribution in [-0.2, 0) is 10.0 Å². The number of unbranched alkanes of at least 4 members (excludes halogenated alkanes) is 1. The number of hydrogen-bond donors (Lipinski definition) is 4. The number of nitrogens with one attached hydrogen (secondary N) is 3. The zero-order valence-electron chi connectivity index (χ0n) is 15.7. The Hall–Kier alpha value is -1.34. The molecule has 1 heterocycles. The van der Waals surface area contributed by atoms with Crippen molar-refractivity contribution in [3.05, 3.63) is 28.7 Å². The third-order valence-corrected chi connectivity index (χ3v) is 7.51. The molecule has 1 aromatic carbocycles. The van der Waals surface area contributed by atoms with E-state index in [0.717, 1.165) is 43.8 Å². The fourth-order valence-electron chi connectivity index (χ4n) is 3.26. The molecule has 1 aromatic heterocycles. The van der Waals surface area contributed by atoms with Crippen LogP contribution in [0.5, 0.6) is 0 Å². The van der Waals surface area contributed by atoms with Crippen molar-refractivity contribution in [2.24, 2.45) is 5.73 Å². The summed E-state index contributed by atoms with van der Waals surface area (Å²) >= 11 is 4.19. The van der Waals surface area contributed by atoms with E-state index < -0.39 is 20.7 Å². The monoisotopic (exact) mass is 506 g/mol. The second-order valence-corrected chi connectivity index (χ2v) is 10.2. The van der Waals surface area contributed by atoms with E-state index in [0.29, 0.717) is 22.7 Å². The molecule has 1 aliphatic rings. The Bertz CT molecular complexity index is 913. The van der Waals surface area contributed by atoms with Gasteiger partial charge < -0.3 is 16.4 Å². The predicted molar refractivity (Wildman–Crippen MR) is 116 cm³/mol. The molecule has 160 valence electrons. The first kappa shape index (κ1) is 22.3. The van der Waals surface area contributed by atoms with Crippen molar-refractivity contribution < 1.29 is 12.8 Å². The van der Waals surface area contributed by atoms with E-state index in [1.165, 1.54) is 24.9 Å². The van der Waals surface area contributed by atoms with E-state index in [4.69, 9.17) is 5.73 Å². The second-order valence-electron chi connectivity index (χ2n) is 6.90. The maximum Gasteiger partial charge on any atom is 0.266 e. The van der Waals surface area contributed by atoms with Gasteiger partial charge in [-0.05, 0) is 60.3 Å². The average Bonchev–Trinajstić information content (AvgIpc) is 3.31. The van der Waals surface area contributed by atoms with Gasteiger partial charge >= 0.3 is 0 Å². The molecule has 8 nitrogen and oxygen atoms in total. The maximum absolute atomic E-state index is 14.5. The zero-order valence-corrected chi connectivity index (χ0v) is 18.9. The van der Waals surface area contributed by atoms with E-state index in [1.54, 1.807) is 0 Å². The lowest BCUT2D eigenvalue weighted by atomic mass is 10.2. The first-order valence-electron chi connectivity index (χ1n) is 9.38. The van der Waals surface area contributed by atoms with Crippen LogP contribution in [0.1, 0.15) is 32.1 Å². The van der Waals surface area contributed by atoms with Crippen LogP contribution in [0.25, 0.3) is 0 Å². The number of hydrogen-bond acceptors (Lipinski definition) is 8. The third-order valence-electron chi connectivity index (χ3n) is 4.79. The standard InChI is InChI=1S/C17H24BrFN6O2S2/c18-11-8-16(29(26,27)25-17-23-10-24-28-17)12(19)9-15(11)22-7-2-1-6-21-14-5-3-4-13(14)20/h8-10,13-14,21-22H,1-7,20H2,(H,23,24,25)/t13-,14-/m1/s1. The summed E-state index contributed by atoms with van der Waals surface area (Å²) in [6.45, 7) is 1.54. The highest BCUT2D eigenvalue weighted by Gasteiger charge is 2.23. The third kappa shape index (κ3) is 6.07. The summed E-state index contributed by atoms with van der Waals surface area (Å²) in [6, 6.07) is 3.08. The molecule has 0 aliphatic heterocycles. The molecule has 2 atom stereocenters. The number of benzene rings is 1. The van der Waals surface area contributed by atoms with Crippen molar-refractivity contribution in [1.82, 2.24) is 14.7 Å². The minimum absolute atomic E-state index is 0.0786. The number of nitrogens with zero attached hydrogens (tertiary/aromatic N) is 2. The van der Waals surface area contributed by atoms with Gasteiger partial charge in [0.2, 0.25) is 5.13 Å². The summed E-state index contributed by atoms with van der Waals surface area (Å²) in [5, 5.41) is 6.71. The van der Waals surface area contributed by atoms with E-state index in [9.17, 15) is 12.8 Å². The highest BCUT2D eigenvalue weighted by atomic mass is 79.9. The SMILES string of the molecule is N[C@@H]1CCC[C@H]1NCCCCNc1cc(F)c(S(=O)(=O)Nc2ncns2)cc1Br. The Kier molecular flexibility index (Phi) is 7.79. The quantitative estimate of drug-likeness (QED) is 0.365. The Morgan fingerprint density at radius 3 is 2.76 bits per heavy atom. The summed E-state index contributed by atoms with van der Waals surface area (Å²) in [4.78, 5) is 3.29. The molecule has 29 heavy (non-hydrogen) atoms. The van der Waals surface area contributed by atoms with E-state index >= 15 is 0 Å². The molecule has 0 bridgehead atoms. The molecule has 5 N–H and O–H groups in total. The Labute approximate surface area is 182 Å². The number of anilines is 2. The van der Waals surface area contributed by atoms with Crippen molar-refractivity contribution in [1.29, 1.82) is 0 Å². The summed E-state index contributed by atoms with van der Waals surface area (Å²) in [5.41, 5.74) is 6.54. The fourth-order valence-corrected chi connectivity index (χ4v) is 5.64. The largest absolute Gasteiger partial charge is 0.384 e. The van der Waals surface area contributed by atoms with Gasteiger partial charge in [0, 0.05) is 34.6 Å². The van der Waals surface area contributed by atoms with Gasteiger partial charge in [0.15, 0.2) is 0 Å². The molecular weight excluding hydrogens is 483 g/mol. The second kappa shape index (κ2) is 10.1. The van der Waals surface area contributed by atoms with Crippen LogP contribution in [0.4, 0.5) is 15.2 Å². The summed E-state index contributed by atoms with van der Waals surface area (Å²) in [5.74, 6) is -0.843. The molecule has 3 rings (SSSR count). The number of nitrogens with two attached hydrogens (primary N) is 1. The fraction of sp³-hybridized carbons (Fsp3) is 0.529. The molecule has 0 amide bonds. The van der Waals surface area contributed by atoms with Crippen LogP contribution in [0, 0.1) is 5.82 Å². The van der Waals surface area contributed by atoms with E-state index in [2.05, 4.69) is 40.6 Å². The molecule has 12 heteroatoms. The van der Waals surface area contributed by atoms with Crippen molar-refractivity contribution in [3.8, 4) is 0 Å². The van der Waals surface area contributed by atoms with Crippen molar-refractivity contribution in [2.75, 3.05) is 23.1 Å². The van der Waals surface area contributed by atoms with Crippen LogP contribution in [0.3, 0.4) is 0 Å². The van der Waals surface area contributed by atoms with Gasteiger partial charge in [0.25, 0.3) is 10.0 Å². The van der Waals surface area contributed by atoms with Crippen LogP contribution in [-0.4, -0.2) is 42.9 Å². The molecule has 1 aliphatic carbocycles. The predicted octanol–water partition coefficient (Wildman–Crippen LogP) is 2.90.